The summed E-state index contributed by atoms with van der Waals surface area (Å²) in [4.78, 5) is 25.8. The Labute approximate surface area is 140 Å². The maximum Gasteiger partial charge on any atom is 0.310 e. The Bertz CT molecular complexity index is 677. The van der Waals surface area contributed by atoms with E-state index >= 15 is 0 Å². The summed E-state index contributed by atoms with van der Waals surface area (Å²) in [5.41, 5.74) is -0.230. The number of fused-ring (bicyclic) bond motifs is 2. The average molecular weight is 335 g/mol. The molecule has 5 nitrogen and oxygen atoms in total. The summed E-state index contributed by atoms with van der Waals surface area (Å²) in [6.07, 6.45) is 0.0255. The lowest BCUT2D eigenvalue weighted by atomic mass is 9.61. The van der Waals surface area contributed by atoms with Gasteiger partial charge in [0.05, 0.1) is 25.2 Å². The Morgan fingerprint density at radius 3 is 2.88 bits per heavy atom. The fraction of sp³-hybridized carbons (Fsp3) is 0.556. The molecule has 0 unspecified atom stereocenters. The van der Waals surface area contributed by atoms with Crippen LogP contribution in [0.2, 0.25) is 0 Å². The van der Waals surface area contributed by atoms with Crippen LogP contribution < -0.4 is 5.32 Å². The zero-order valence-corrected chi connectivity index (χ0v) is 14.1. The molecule has 2 aliphatic heterocycles. The van der Waals surface area contributed by atoms with Gasteiger partial charge in [-0.2, -0.15) is 0 Å². The number of carbonyl (C=O) groups is 2. The molecule has 4 atom stereocenters. The lowest BCUT2D eigenvalue weighted by Crippen LogP contribution is -2.60. The van der Waals surface area contributed by atoms with Crippen molar-refractivity contribution in [2.45, 2.75) is 38.7 Å². The van der Waals surface area contributed by atoms with Crippen LogP contribution in [-0.4, -0.2) is 31.2 Å². The van der Waals surface area contributed by atoms with Gasteiger partial charge in [-0.25, -0.2) is 4.39 Å². The van der Waals surface area contributed by atoms with Crippen LogP contribution in [-0.2, 0) is 24.5 Å². The lowest BCUT2D eigenvalue weighted by Gasteiger charge is -2.47. The van der Waals surface area contributed by atoms with Crippen LogP contribution in [0.25, 0.3) is 0 Å². The molecule has 6 heteroatoms. The van der Waals surface area contributed by atoms with Gasteiger partial charge in [0.1, 0.15) is 11.2 Å². The number of rotatable bonds is 3. The lowest BCUT2D eigenvalue weighted by molar-refractivity contribution is -0.174. The van der Waals surface area contributed by atoms with E-state index in [9.17, 15) is 14.0 Å². The van der Waals surface area contributed by atoms with Gasteiger partial charge in [-0.15, -0.1) is 0 Å². The molecule has 2 aliphatic rings. The van der Waals surface area contributed by atoms with Crippen molar-refractivity contribution in [3.63, 3.8) is 0 Å². The van der Waals surface area contributed by atoms with Gasteiger partial charge in [-0.3, -0.25) is 9.59 Å². The summed E-state index contributed by atoms with van der Waals surface area (Å²) in [5, 5.41) is 2.80. The van der Waals surface area contributed by atoms with E-state index in [1.54, 1.807) is 6.92 Å². The highest BCUT2D eigenvalue weighted by molar-refractivity contribution is 6.09. The summed E-state index contributed by atoms with van der Waals surface area (Å²) in [6.45, 7) is 6.08. The zero-order chi connectivity index (χ0) is 17.5. The third kappa shape index (κ3) is 2.24. The smallest absolute Gasteiger partial charge is 0.310 e. The van der Waals surface area contributed by atoms with Crippen LogP contribution in [0.3, 0.4) is 0 Å². The van der Waals surface area contributed by atoms with Gasteiger partial charge >= 0.3 is 5.97 Å². The van der Waals surface area contributed by atoms with Gasteiger partial charge < -0.3 is 14.8 Å². The minimum absolute atomic E-state index is 0.216. The van der Waals surface area contributed by atoms with Crippen LogP contribution in [0.4, 0.5) is 10.1 Å². The first-order valence-corrected chi connectivity index (χ1v) is 8.36. The first-order valence-electron chi connectivity index (χ1n) is 8.36. The molecule has 0 aromatic heterocycles. The summed E-state index contributed by atoms with van der Waals surface area (Å²) in [6, 6.07) is 4.17. The Hall–Kier alpha value is -1.95. The minimum Gasteiger partial charge on any atom is -0.466 e. The number of nitrogens with one attached hydrogen (secondary N) is 1. The van der Waals surface area contributed by atoms with E-state index in [4.69, 9.17) is 9.47 Å². The molecular formula is C18H22FNO4. The molecule has 130 valence electrons. The monoisotopic (exact) mass is 335 g/mol. The molecule has 1 aromatic rings. The maximum atomic E-state index is 13.9. The molecule has 0 bridgehead atoms. The van der Waals surface area contributed by atoms with Crippen LogP contribution in [0.5, 0.6) is 0 Å². The molecule has 1 saturated heterocycles. The van der Waals surface area contributed by atoms with Gasteiger partial charge in [-0.1, -0.05) is 13.8 Å². The number of anilines is 1. The number of benzene rings is 1. The zero-order valence-electron chi connectivity index (χ0n) is 14.1. The van der Waals surface area contributed by atoms with Gasteiger partial charge in [0.15, 0.2) is 0 Å². The fourth-order valence-electron chi connectivity index (χ4n) is 4.18. The highest BCUT2D eigenvalue weighted by Gasteiger charge is 2.63. The molecule has 24 heavy (non-hydrogen) atoms. The molecule has 1 amide bonds. The SMILES string of the molecule is CCOC(=O)[C@H]1[C@H](C)CO[C@@H](CC)[C@@]12C(=O)Nc1ccc(F)cc12. The Kier molecular flexibility index (Phi) is 4.34. The third-order valence-corrected chi connectivity index (χ3v) is 5.09. The molecule has 1 aromatic carbocycles. The molecule has 1 fully saturated rings. The highest BCUT2D eigenvalue weighted by atomic mass is 19.1. The van der Waals surface area contributed by atoms with E-state index < -0.39 is 29.2 Å². The van der Waals surface area contributed by atoms with Crippen molar-refractivity contribution in [2.75, 3.05) is 18.5 Å². The van der Waals surface area contributed by atoms with Gasteiger partial charge in [-0.05, 0) is 43.0 Å². The Balaban J connectivity index is 2.23. The van der Waals surface area contributed by atoms with E-state index in [2.05, 4.69) is 5.32 Å². The van der Waals surface area contributed by atoms with Crippen LogP contribution in [0.15, 0.2) is 18.2 Å². The van der Waals surface area contributed by atoms with Crippen LogP contribution >= 0.6 is 0 Å². The van der Waals surface area contributed by atoms with E-state index in [1.807, 2.05) is 13.8 Å². The standard InChI is InChI=1S/C18H22FNO4/c1-4-14-18(15(10(3)9-24-14)16(21)23-5-2)12-8-11(19)6-7-13(12)20-17(18)22/h6-8,10,14-15H,4-5,9H2,1-3H3,(H,20,22)/t10-,14+,15-,18-/m1/s1. The largest absolute Gasteiger partial charge is 0.466 e. The van der Waals surface area contributed by atoms with Crippen molar-refractivity contribution >= 4 is 17.6 Å². The molecule has 0 saturated carbocycles. The number of carbonyl (C=O) groups excluding carboxylic acids is 2. The molecule has 0 radical (unpaired) electrons. The summed E-state index contributed by atoms with van der Waals surface area (Å²) in [7, 11) is 0. The maximum absolute atomic E-state index is 13.9. The number of halogens is 1. The normalized spacial score (nSPS) is 31.7. The molecule has 1 N–H and O–H groups in total. The van der Waals surface area contributed by atoms with E-state index in [0.29, 0.717) is 24.3 Å². The number of amides is 1. The molecule has 1 spiro atoms. The van der Waals surface area contributed by atoms with Crippen molar-refractivity contribution in [1.29, 1.82) is 0 Å². The number of esters is 1. The molecule has 2 heterocycles. The predicted molar refractivity (Wildman–Crippen MR) is 86.0 cm³/mol. The minimum atomic E-state index is -1.25. The number of hydrogen-bond acceptors (Lipinski definition) is 4. The Morgan fingerprint density at radius 1 is 1.46 bits per heavy atom. The number of ether oxygens (including phenoxy) is 2. The van der Waals surface area contributed by atoms with Crippen molar-refractivity contribution in [3.8, 4) is 0 Å². The van der Waals surface area contributed by atoms with Gasteiger partial charge in [0.25, 0.3) is 0 Å². The van der Waals surface area contributed by atoms with Crippen molar-refractivity contribution in [2.24, 2.45) is 11.8 Å². The second kappa shape index (κ2) is 6.16. The average Bonchev–Trinajstić information content (AvgIpc) is 2.81. The number of hydrogen-bond donors (Lipinski definition) is 1. The third-order valence-electron chi connectivity index (χ3n) is 5.09. The Morgan fingerprint density at radius 2 is 2.21 bits per heavy atom. The van der Waals surface area contributed by atoms with Crippen molar-refractivity contribution in [3.05, 3.63) is 29.6 Å². The van der Waals surface area contributed by atoms with E-state index in [1.165, 1.54) is 18.2 Å². The van der Waals surface area contributed by atoms with Gasteiger partial charge in [0.2, 0.25) is 5.91 Å². The first kappa shape index (κ1) is 16.9. The van der Waals surface area contributed by atoms with Gasteiger partial charge in [0, 0.05) is 5.69 Å². The second-order valence-electron chi connectivity index (χ2n) is 6.45. The van der Waals surface area contributed by atoms with Crippen LogP contribution in [0, 0.1) is 17.7 Å². The van der Waals surface area contributed by atoms with Crippen LogP contribution in [0.1, 0.15) is 32.8 Å². The van der Waals surface area contributed by atoms with Crippen molar-refractivity contribution in [1.82, 2.24) is 0 Å². The molecule has 0 aliphatic carbocycles. The topological polar surface area (TPSA) is 64.6 Å². The van der Waals surface area contributed by atoms with E-state index in [0.717, 1.165) is 0 Å². The first-order chi connectivity index (χ1) is 11.5. The molecule has 3 rings (SSSR count). The van der Waals surface area contributed by atoms with E-state index in [-0.39, 0.29) is 18.4 Å². The summed E-state index contributed by atoms with van der Waals surface area (Å²) in [5.74, 6) is -2.12. The fourth-order valence-corrected chi connectivity index (χ4v) is 4.18. The van der Waals surface area contributed by atoms with Crippen molar-refractivity contribution < 1.29 is 23.5 Å². The quantitative estimate of drug-likeness (QED) is 0.863. The highest BCUT2D eigenvalue weighted by Crippen LogP contribution is 2.52. The molecular weight excluding hydrogens is 313 g/mol. The summed E-state index contributed by atoms with van der Waals surface area (Å²) < 4.78 is 25.1. The second-order valence-corrected chi connectivity index (χ2v) is 6.45. The summed E-state index contributed by atoms with van der Waals surface area (Å²) >= 11 is 0. The predicted octanol–water partition coefficient (Wildman–Crippen LogP) is 2.64.